The zero-order chi connectivity index (χ0) is 19.5. The summed E-state index contributed by atoms with van der Waals surface area (Å²) in [5.41, 5.74) is 7.32. The summed E-state index contributed by atoms with van der Waals surface area (Å²) < 4.78 is 10.5. The Balaban J connectivity index is 1.74. The Hall–Kier alpha value is -3.22. The molecule has 144 valence electrons. The molecule has 0 unspecified atom stereocenters. The van der Waals surface area contributed by atoms with Gasteiger partial charge in [-0.05, 0) is 41.8 Å². The highest BCUT2D eigenvalue weighted by atomic mass is 16.5. The van der Waals surface area contributed by atoms with Crippen LogP contribution in [0.5, 0.6) is 11.5 Å². The molecule has 0 aliphatic heterocycles. The number of carbonyl (C=O) groups is 1. The Kier molecular flexibility index (Phi) is 7.96. The zero-order valence-electron chi connectivity index (χ0n) is 15.7. The number of primary amides is 1. The van der Waals surface area contributed by atoms with E-state index in [1.165, 1.54) is 0 Å². The fourth-order valence-corrected chi connectivity index (χ4v) is 2.42. The van der Waals surface area contributed by atoms with Gasteiger partial charge in [0, 0.05) is 20.1 Å². The molecule has 1 amide bonds. The molecule has 0 aromatic heterocycles. The summed E-state index contributed by atoms with van der Waals surface area (Å²) in [5, 5.41) is 6.57. The van der Waals surface area contributed by atoms with E-state index in [4.69, 9.17) is 15.2 Å². The van der Waals surface area contributed by atoms with E-state index in [1.807, 2.05) is 48.5 Å². The summed E-state index contributed by atoms with van der Waals surface area (Å²) >= 11 is 0. The van der Waals surface area contributed by atoms with Crippen LogP contribution in [0.2, 0.25) is 0 Å². The molecule has 0 aliphatic carbocycles. The van der Waals surface area contributed by atoms with Gasteiger partial charge in [0.25, 0.3) is 5.91 Å². The molecule has 0 fully saturated rings. The molecular formula is C20H26N4O3. The Morgan fingerprint density at radius 1 is 1.07 bits per heavy atom. The van der Waals surface area contributed by atoms with E-state index in [2.05, 4.69) is 15.6 Å². The van der Waals surface area contributed by atoms with Gasteiger partial charge in [-0.15, -0.1) is 0 Å². The Labute approximate surface area is 159 Å². The van der Waals surface area contributed by atoms with Crippen LogP contribution in [-0.2, 0) is 17.8 Å². The average molecular weight is 370 g/mol. The largest absolute Gasteiger partial charge is 0.497 e. The second-order valence-electron chi connectivity index (χ2n) is 5.85. The molecular weight excluding hydrogens is 344 g/mol. The summed E-state index contributed by atoms with van der Waals surface area (Å²) in [7, 11) is 3.40. The first-order valence-corrected chi connectivity index (χ1v) is 8.68. The van der Waals surface area contributed by atoms with Crippen molar-refractivity contribution >= 4 is 11.9 Å². The molecule has 7 nitrogen and oxygen atoms in total. The summed E-state index contributed by atoms with van der Waals surface area (Å²) in [5.74, 6) is 1.71. The SMILES string of the molecule is CN=C(NCCc1ccc(OCC(N)=O)cc1)NCc1cccc(OC)c1. The van der Waals surface area contributed by atoms with Crippen LogP contribution in [0.1, 0.15) is 11.1 Å². The molecule has 0 saturated heterocycles. The molecule has 27 heavy (non-hydrogen) atoms. The number of carbonyl (C=O) groups excluding carboxylic acids is 1. The Bertz CT molecular complexity index is 760. The number of guanidine groups is 1. The van der Waals surface area contributed by atoms with E-state index in [-0.39, 0.29) is 6.61 Å². The molecule has 0 heterocycles. The highest BCUT2D eigenvalue weighted by Crippen LogP contribution is 2.13. The predicted octanol–water partition coefficient (Wildman–Crippen LogP) is 1.47. The van der Waals surface area contributed by atoms with Crippen molar-refractivity contribution in [3.8, 4) is 11.5 Å². The highest BCUT2D eigenvalue weighted by Gasteiger charge is 2.01. The number of methoxy groups -OCH3 is 1. The summed E-state index contributed by atoms with van der Waals surface area (Å²) in [6.07, 6.45) is 0.829. The van der Waals surface area contributed by atoms with E-state index < -0.39 is 5.91 Å². The van der Waals surface area contributed by atoms with Crippen LogP contribution in [0.3, 0.4) is 0 Å². The maximum Gasteiger partial charge on any atom is 0.255 e. The van der Waals surface area contributed by atoms with Crippen LogP contribution in [0.25, 0.3) is 0 Å². The molecule has 0 aliphatic rings. The average Bonchev–Trinajstić information content (AvgIpc) is 2.70. The van der Waals surface area contributed by atoms with E-state index in [0.717, 1.165) is 35.8 Å². The van der Waals surface area contributed by atoms with Crippen molar-refractivity contribution < 1.29 is 14.3 Å². The standard InChI is InChI=1S/C20H26N4O3/c1-22-20(24-13-16-4-3-5-18(12-16)26-2)23-11-10-15-6-8-17(9-7-15)27-14-19(21)25/h3-9,12H,10-11,13-14H2,1-2H3,(H2,21,25)(H2,22,23,24). The van der Waals surface area contributed by atoms with Crippen molar-refractivity contribution in [1.29, 1.82) is 0 Å². The van der Waals surface area contributed by atoms with E-state index in [1.54, 1.807) is 14.2 Å². The molecule has 4 N–H and O–H groups in total. The minimum Gasteiger partial charge on any atom is -0.497 e. The molecule has 0 spiro atoms. The fourth-order valence-electron chi connectivity index (χ4n) is 2.42. The van der Waals surface area contributed by atoms with Crippen molar-refractivity contribution in [2.75, 3.05) is 27.3 Å². The lowest BCUT2D eigenvalue weighted by atomic mass is 10.1. The number of aliphatic imine (C=N–C) groups is 1. The molecule has 0 radical (unpaired) electrons. The van der Waals surface area contributed by atoms with Crippen molar-refractivity contribution in [2.45, 2.75) is 13.0 Å². The first-order chi connectivity index (χ1) is 13.1. The van der Waals surface area contributed by atoms with E-state index >= 15 is 0 Å². The van der Waals surface area contributed by atoms with Gasteiger partial charge < -0.3 is 25.8 Å². The number of ether oxygens (including phenoxy) is 2. The Morgan fingerprint density at radius 3 is 2.52 bits per heavy atom. The minimum absolute atomic E-state index is 0.115. The van der Waals surface area contributed by atoms with Gasteiger partial charge in [-0.3, -0.25) is 9.79 Å². The quantitative estimate of drug-likeness (QED) is 0.459. The number of nitrogens with zero attached hydrogens (tertiary/aromatic N) is 1. The first-order valence-electron chi connectivity index (χ1n) is 8.68. The monoisotopic (exact) mass is 370 g/mol. The minimum atomic E-state index is -0.490. The number of nitrogens with two attached hydrogens (primary N) is 1. The third kappa shape index (κ3) is 7.27. The van der Waals surface area contributed by atoms with E-state index in [0.29, 0.717) is 12.3 Å². The maximum atomic E-state index is 10.7. The van der Waals surface area contributed by atoms with Crippen LogP contribution in [-0.4, -0.2) is 39.2 Å². The predicted molar refractivity (Wildman–Crippen MR) is 106 cm³/mol. The zero-order valence-corrected chi connectivity index (χ0v) is 15.7. The molecule has 0 bridgehead atoms. The van der Waals surface area contributed by atoms with Crippen LogP contribution in [0.4, 0.5) is 0 Å². The maximum absolute atomic E-state index is 10.7. The van der Waals surface area contributed by atoms with Crippen LogP contribution in [0, 0.1) is 0 Å². The molecule has 7 heteroatoms. The van der Waals surface area contributed by atoms with Gasteiger partial charge >= 0.3 is 0 Å². The number of benzene rings is 2. The number of amides is 1. The van der Waals surface area contributed by atoms with Crippen molar-refractivity contribution in [3.05, 3.63) is 59.7 Å². The van der Waals surface area contributed by atoms with Gasteiger partial charge in [-0.2, -0.15) is 0 Å². The van der Waals surface area contributed by atoms with Gasteiger partial charge in [0.1, 0.15) is 11.5 Å². The third-order valence-electron chi connectivity index (χ3n) is 3.83. The molecule has 0 atom stereocenters. The van der Waals surface area contributed by atoms with Crippen molar-refractivity contribution in [2.24, 2.45) is 10.7 Å². The number of hydrogen-bond acceptors (Lipinski definition) is 4. The lowest BCUT2D eigenvalue weighted by Gasteiger charge is -2.12. The third-order valence-corrected chi connectivity index (χ3v) is 3.83. The second-order valence-corrected chi connectivity index (χ2v) is 5.85. The van der Waals surface area contributed by atoms with Crippen LogP contribution >= 0.6 is 0 Å². The molecule has 2 aromatic rings. The van der Waals surface area contributed by atoms with Gasteiger partial charge in [0.15, 0.2) is 12.6 Å². The highest BCUT2D eigenvalue weighted by molar-refractivity contribution is 5.79. The summed E-state index contributed by atoms with van der Waals surface area (Å²) in [6, 6.07) is 15.5. The first kappa shape index (κ1) is 20.1. The van der Waals surface area contributed by atoms with Crippen LogP contribution < -0.4 is 25.8 Å². The smallest absolute Gasteiger partial charge is 0.255 e. The lowest BCUT2D eigenvalue weighted by Crippen LogP contribution is -2.37. The number of nitrogens with one attached hydrogen (secondary N) is 2. The fraction of sp³-hybridized carbons (Fsp3) is 0.300. The van der Waals surface area contributed by atoms with Gasteiger partial charge in [0.05, 0.1) is 7.11 Å². The van der Waals surface area contributed by atoms with E-state index in [9.17, 15) is 4.79 Å². The van der Waals surface area contributed by atoms with Gasteiger partial charge in [-0.1, -0.05) is 24.3 Å². The molecule has 2 aromatic carbocycles. The van der Waals surface area contributed by atoms with Gasteiger partial charge in [-0.25, -0.2) is 0 Å². The van der Waals surface area contributed by atoms with Crippen molar-refractivity contribution in [3.63, 3.8) is 0 Å². The number of rotatable bonds is 9. The van der Waals surface area contributed by atoms with Crippen molar-refractivity contribution in [1.82, 2.24) is 10.6 Å². The molecule has 0 saturated carbocycles. The topological polar surface area (TPSA) is 98.0 Å². The van der Waals surface area contributed by atoms with Crippen LogP contribution in [0.15, 0.2) is 53.5 Å². The lowest BCUT2D eigenvalue weighted by molar-refractivity contribution is -0.119. The normalized spacial score (nSPS) is 11.0. The van der Waals surface area contributed by atoms with Gasteiger partial charge in [0.2, 0.25) is 0 Å². The number of hydrogen-bond donors (Lipinski definition) is 3. The molecule has 2 rings (SSSR count). The Morgan fingerprint density at radius 2 is 1.85 bits per heavy atom. The second kappa shape index (κ2) is 10.7. The summed E-state index contributed by atoms with van der Waals surface area (Å²) in [6.45, 7) is 1.28. The summed E-state index contributed by atoms with van der Waals surface area (Å²) in [4.78, 5) is 14.9.